The lowest BCUT2D eigenvalue weighted by molar-refractivity contribution is 0.452. The summed E-state index contributed by atoms with van der Waals surface area (Å²) in [5, 5.41) is 7.91. The van der Waals surface area contributed by atoms with Crippen molar-refractivity contribution in [2.45, 2.75) is 12.3 Å². The Balaban J connectivity index is 2.25. The molecule has 1 saturated carbocycles. The second kappa shape index (κ2) is 3.39. The van der Waals surface area contributed by atoms with Gasteiger partial charge < -0.3 is 0 Å². The summed E-state index contributed by atoms with van der Waals surface area (Å²) in [7, 11) is 0. The molecule has 0 spiro atoms. The summed E-state index contributed by atoms with van der Waals surface area (Å²) in [5.41, 5.74) is 0.823. The summed E-state index contributed by atoms with van der Waals surface area (Å²) >= 11 is 11.5. The number of aromatic nitrogens is 2. The first-order valence-corrected chi connectivity index (χ1v) is 4.72. The zero-order valence-corrected chi connectivity index (χ0v) is 8.19. The lowest BCUT2D eigenvalue weighted by Crippen LogP contribution is -1.92. The largest absolute Gasteiger partial charge is 0.251 e. The standard InChI is InChI=1S/C8H7Cl2FN2/c9-7-2-6(8(10)13-12-7)5-1-4(5)3-11/h2,4-5H,1,3H2/t4-,5+/m1/s1. The third-order valence-electron chi connectivity index (χ3n) is 2.27. The van der Waals surface area contributed by atoms with Crippen LogP contribution in [0.15, 0.2) is 6.07 Å². The van der Waals surface area contributed by atoms with Gasteiger partial charge in [0.05, 0.1) is 6.67 Å². The number of hydrogen-bond donors (Lipinski definition) is 0. The maximum atomic E-state index is 12.2. The summed E-state index contributed by atoms with van der Waals surface area (Å²) in [5.74, 6) is 0.281. The van der Waals surface area contributed by atoms with Crippen molar-refractivity contribution >= 4 is 23.2 Å². The van der Waals surface area contributed by atoms with Crippen LogP contribution >= 0.6 is 23.2 Å². The predicted octanol–water partition coefficient (Wildman–Crippen LogP) is 2.86. The fourth-order valence-electron chi connectivity index (χ4n) is 1.43. The fourth-order valence-corrected chi connectivity index (χ4v) is 1.81. The van der Waals surface area contributed by atoms with E-state index in [1.807, 2.05) is 0 Å². The van der Waals surface area contributed by atoms with Gasteiger partial charge in [0.25, 0.3) is 0 Å². The first-order valence-electron chi connectivity index (χ1n) is 3.97. The van der Waals surface area contributed by atoms with Crippen LogP contribution in [0.5, 0.6) is 0 Å². The Morgan fingerprint density at radius 2 is 2.23 bits per heavy atom. The Morgan fingerprint density at radius 1 is 1.46 bits per heavy atom. The van der Waals surface area contributed by atoms with E-state index in [-0.39, 0.29) is 18.5 Å². The molecular formula is C8H7Cl2FN2. The topological polar surface area (TPSA) is 25.8 Å². The molecule has 0 saturated heterocycles. The minimum absolute atomic E-state index is 0.0952. The van der Waals surface area contributed by atoms with E-state index >= 15 is 0 Å². The summed E-state index contributed by atoms with van der Waals surface area (Å²) < 4.78 is 12.2. The summed E-state index contributed by atoms with van der Waals surface area (Å²) in [6.45, 7) is -0.305. The molecule has 5 heteroatoms. The van der Waals surface area contributed by atoms with Gasteiger partial charge in [-0.25, -0.2) is 0 Å². The molecule has 0 aliphatic heterocycles. The molecule has 2 nitrogen and oxygen atoms in total. The van der Waals surface area contributed by atoms with Crippen molar-refractivity contribution in [3.63, 3.8) is 0 Å². The molecule has 1 heterocycles. The average molecular weight is 221 g/mol. The van der Waals surface area contributed by atoms with Gasteiger partial charge in [-0.1, -0.05) is 23.2 Å². The highest BCUT2D eigenvalue weighted by atomic mass is 35.5. The van der Waals surface area contributed by atoms with Crippen LogP contribution in [0.1, 0.15) is 17.9 Å². The molecule has 0 unspecified atom stereocenters. The molecule has 1 aromatic rings. The van der Waals surface area contributed by atoms with E-state index in [0.717, 1.165) is 12.0 Å². The third-order valence-corrected chi connectivity index (χ3v) is 2.74. The minimum atomic E-state index is -0.305. The zero-order valence-electron chi connectivity index (χ0n) is 6.67. The quantitative estimate of drug-likeness (QED) is 0.767. The monoisotopic (exact) mass is 220 g/mol. The van der Waals surface area contributed by atoms with Crippen molar-refractivity contribution in [3.05, 3.63) is 21.9 Å². The average Bonchev–Trinajstić information content (AvgIpc) is 2.88. The SMILES string of the molecule is FC[C@H]1C[C@@H]1c1cc(Cl)nnc1Cl. The van der Waals surface area contributed by atoms with Gasteiger partial charge in [-0.05, 0) is 29.9 Å². The van der Waals surface area contributed by atoms with Crippen LogP contribution in [0.2, 0.25) is 10.3 Å². The van der Waals surface area contributed by atoms with Gasteiger partial charge in [-0.15, -0.1) is 10.2 Å². The van der Waals surface area contributed by atoms with Crippen molar-refractivity contribution in [1.82, 2.24) is 10.2 Å². The number of hydrogen-bond acceptors (Lipinski definition) is 2. The van der Waals surface area contributed by atoms with E-state index < -0.39 is 0 Å². The molecule has 70 valence electrons. The van der Waals surface area contributed by atoms with Crippen LogP contribution in [0, 0.1) is 5.92 Å². The smallest absolute Gasteiger partial charge is 0.155 e. The minimum Gasteiger partial charge on any atom is -0.251 e. The predicted molar refractivity (Wildman–Crippen MR) is 48.9 cm³/mol. The molecule has 0 N–H and O–H groups in total. The number of alkyl halides is 1. The lowest BCUT2D eigenvalue weighted by atomic mass is 10.2. The highest BCUT2D eigenvalue weighted by molar-refractivity contribution is 6.31. The van der Waals surface area contributed by atoms with Gasteiger partial charge in [0.1, 0.15) is 0 Å². The van der Waals surface area contributed by atoms with Gasteiger partial charge in [0.2, 0.25) is 0 Å². The first-order chi connectivity index (χ1) is 6.22. The highest BCUT2D eigenvalue weighted by Crippen LogP contribution is 2.49. The maximum absolute atomic E-state index is 12.2. The number of nitrogens with zero attached hydrogens (tertiary/aromatic N) is 2. The molecule has 1 aliphatic rings. The van der Waals surface area contributed by atoms with Gasteiger partial charge in [-0.3, -0.25) is 4.39 Å². The molecule has 0 aromatic carbocycles. The Morgan fingerprint density at radius 3 is 2.85 bits per heavy atom. The molecule has 2 atom stereocenters. The fraction of sp³-hybridized carbons (Fsp3) is 0.500. The van der Waals surface area contributed by atoms with Crippen molar-refractivity contribution in [2.24, 2.45) is 5.92 Å². The van der Waals surface area contributed by atoms with E-state index in [1.165, 1.54) is 0 Å². The lowest BCUT2D eigenvalue weighted by Gasteiger charge is -2.00. The Hall–Kier alpha value is -0.410. The normalized spacial score (nSPS) is 26.1. The second-order valence-corrected chi connectivity index (χ2v) is 3.92. The van der Waals surface area contributed by atoms with E-state index in [4.69, 9.17) is 23.2 Å². The summed E-state index contributed by atoms with van der Waals surface area (Å²) in [6.07, 6.45) is 0.832. The third kappa shape index (κ3) is 1.76. The van der Waals surface area contributed by atoms with Crippen molar-refractivity contribution < 1.29 is 4.39 Å². The van der Waals surface area contributed by atoms with E-state index in [1.54, 1.807) is 6.07 Å². The highest BCUT2D eigenvalue weighted by Gasteiger charge is 2.40. The van der Waals surface area contributed by atoms with Crippen LogP contribution in [-0.2, 0) is 0 Å². The van der Waals surface area contributed by atoms with Crippen LogP contribution in [0.25, 0.3) is 0 Å². The van der Waals surface area contributed by atoms with Crippen LogP contribution < -0.4 is 0 Å². The second-order valence-electron chi connectivity index (χ2n) is 3.17. The first kappa shape index (κ1) is 9.16. The van der Waals surface area contributed by atoms with Crippen LogP contribution in [0.3, 0.4) is 0 Å². The van der Waals surface area contributed by atoms with Crippen LogP contribution in [-0.4, -0.2) is 16.9 Å². The van der Waals surface area contributed by atoms with Crippen molar-refractivity contribution in [1.29, 1.82) is 0 Å². The van der Waals surface area contributed by atoms with Gasteiger partial charge in [0, 0.05) is 0 Å². The van der Waals surface area contributed by atoms with E-state index in [0.29, 0.717) is 10.3 Å². The van der Waals surface area contributed by atoms with Crippen LogP contribution in [0.4, 0.5) is 4.39 Å². The molecule has 1 fully saturated rings. The Kier molecular flexibility index (Phi) is 2.39. The maximum Gasteiger partial charge on any atom is 0.155 e. The molecule has 0 radical (unpaired) electrons. The van der Waals surface area contributed by atoms with E-state index in [9.17, 15) is 4.39 Å². The van der Waals surface area contributed by atoms with Crippen molar-refractivity contribution in [3.8, 4) is 0 Å². The Labute approximate surface area is 85.1 Å². The number of rotatable bonds is 2. The molecule has 2 rings (SSSR count). The van der Waals surface area contributed by atoms with Gasteiger partial charge >= 0.3 is 0 Å². The molecule has 13 heavy (non-hydrogen) atoms. The van der Waals surface area contributed by atoms with Gasteiger partial charge in [-0.2, -0.15) is 0 Å². The summed E-state index contributed by atoms with van der Waals surface area (Å²) in [6, 6.07) is 1.66. The molecule has 0 amide bonds. The summed E-state index contributed by atoms with van der Waals surface area (Å²) in [4.78, 5) is 0. The number of halogens is 3. The van der Waals surface area contributed by atoms with Gasteiger partial charge in [0.15, 0.2) is 10.3 Å². The molecule has 0 bridgehead atoms. The molecule has 1 aromatic heterocycles. The molecular weight excluding hydrogens is 214 g/mol. The molecule has 1 aliphatic carbocycles. The Bertz CT molecular complexity index is 332. The zero-order chi connectivity index (χ0) is 9.42. The van der Waals surface area contributed by atoms with E-state index in [2.05, 4.69) is 10.2 Å². The van der Waals surface area contributed by atoms with Crippen molar-refractivity contribution in [2.75, 3.05) is 6.67 Å².